The van der Waals surface area contributed by atoms with Gasteiger partial charge < -0.3 is 33.5 Å². The molecule has 1 aliphatic carbocycles. The Bertz CT molecular complexity index is 406. The molecule has 7 nitrogen and oxygen atoms in total. The lowest BCUT2D eigenvalue weighted by Gasteiger charge is -2.41. The fourth-order valence-corrected chi connectivity index (χ4v) is 3.69. The predicted octanol–water partition coefficient (Wildman–Crippen LogP) is 1.17. The van der Waals surface area contributed by atoms with Crippen LogP contribution in [0.15, 0.2) is 0 Å². The standard InChI is InChI=1S/C16H28O7/c1-7-18-8(2)19-12-13-10(20-15(3,4)22-13)9(17)11-14(12)23-16(5,6)21-11/h8-14,17H,7H2,1-6H3/t8?,9?,10-,11-,12?,13-,14?/m0/s1. The lowest BCUT2D eigenvalue weighted by molar-refractivity contribution is -0.240. The summed E-state index contributed by atoms with van der Waals surface area (Å²) in [6, 6.07) is 0. The first-order valence-electron chi connectivity index (χ1n) is 8.30. The molecule has 3 rings (SSSR count). The molecule has 1 saturated carbocycles. The Morgan fingerprint density at radius 3 is 1.78 bits per heavy atom. The Morgan fingerprint density at radius 1 is 0.913 bits per heavy atom. The van der Waals surface area contributed by atoms with Gasteiger partial charge >= 0.3 is 0 Å². The number of ether oxygens (including phenoxy) is 6. The second-order valence-electron chi connectivity index (χ2n) is 7.24. The Labute approximate surface area is 137 Å². The van der Waals surface area contributed by atoms with Crippen LogP contribution in [-0.4, -0.2) is 66.2 Å². The van der Waals surface area contributed by atoms with E-state index in [1.165, 1.54) is 0 Å². The lowest BCUT2D eigenvalue weighted by Crippen LogP contribution is -2.62. The van der Waals surface area contributed by atoms with Gasteiger partial charge in [0.25, 0.3) is 0 Å². The maximum atomic E-state index is 10.7. The molecule has 2 saturated heterocycles. The van der Waals surface area contributed by atoms with Crippen molar-refractivity contribution < 1.29 is 33.5 Å². The average Bonchev–Trinajstić information content (AvgIpc) is 2.91. The smallest absolute Gasteiger partial charge is 0.164 e. The largest absolute Gasteiger partial charge is 0.387 e. The number of aliphatic hydroxyl groups is 1. The summed E-state index contributed by atoms with van der Waals surface area (Å²) in [6.45, 7) is 11.6. The second kappa shape index (κ2) is 5.91. The van der Waals surface area contributed by atoms with E-state index in [2.05, 4.69) is 0 Å². The highest BCUT2D eigenvalue weighted by Gasteiger charge is 2.63. The number of rotatable bonds is 4. The van der Waals surface area contributed by atoms with Gasteiger partial charge in [0, 0.05) is 6.61 Å². The van der Waals surface area contributed by atoms with E-state index in [-0.39, 0.29) is 0 Å². The molecule has 1 N–H and O–H groups in total. The van der Waals surface area contributed by atoms with E-state index in [0.29, 0.717) is 6.61 Å². The molecule has 3 fully saturated rings. The highest BCUT2D eigenvalue weighted by atomic mass is 16.8. The van der Waals surface area contributed by atoms with E-state index < -0.39 is 54.5 Å². The van der Waals surface area contributed by atoms with Crippen LogP contribution in [0.1, 0.15) is 41.5 Å². The van der Waals surface area contributed by atoms with Crippen molar-refractivity contribution in [2.45, 2.75) is 96.0 Å². The van der Waals surface area contributed by atoms with E-state index in [9.17, 15) is 5.11 Å². The van der Waals surface area contributed by atoms with Crippen LogP contribution in [0.25, 0.3) is 0 Å². The van der Waals surface area contributed by atoms with Crippen molar-refractivity contribution in [1.29, 1.82) is 0 Å². The minimum atomic E-state index is -0.837. The first-order valence-corrected chi connectivity index (χ1v) is 8.30. The topological polar surface area (TPSA) is 75.6 Å². The number of hydrogen-bond donors (Lipinski definition) is 1. The molecule has 23 heavy (non-hydrogen) atoms. The number of aliphatic hydroxyl groups excluding tert-OH is 1. The van der Waals surface area contributed by atoms with Crippen molar-refractivity contribution >= 4 is 0 Å². The first kappa shape index (κ1) is 17.5. The van der Waals surface area contributed by atoms with E-state index >= 15 is 0 Å². The van der Waals surface area contributed by atoms with Gasteiger partial charge in [0.15, 0.2) is 17.9 Å². The van der Waals surface area contributed by atoms with Crippen molar-refractivity contribution in [3.05, 3.63) is 0 Å². The van der Waals surface area contributed by atoms with Crippen molar-refractivity contribution in [2.75, 3.05) is 6.61 Å². The molecule has 2 aliphatic heterocycles. The fourth-order valence-electron chi connectivity index (χ4n) is 3.69. The second-order valence-corrected chi connectivity index (χ2v) is 7.24. The average molecular weight is 332 g/mol. The van der Waals surface area contributed by atoms with Crippen molar-refractivity contribution in [1.82, 2.24) is 0 Å². The molecular weight excluding hydrogens is 304 g/mol. The predicted molar refractivity (Wildman–Crippen MR) is 79.6 cm³/mol. The maximum absolute atomic E-state index is 10.7. The molecule has 0 amide bonds. The van der Waals surface area contributed by atoms with Gasteiger partial charge in [0.05, 0.1) is 0 Å². The van der Waals surface area contributed by atoms with Crippen molar-refractivity contribution in [3.63, 3.8) is 0 Å². The van der Waals surface area contributed by atoms with Gasteiger partial charge in [-0.05, 0) is 41.5 Å². The molecule has 0 aromatic heterocycles. The monoisotopic (exact) mass is 332 g/mol. The molecule has 0 aromatic carbocycles. The maximum Gasteiger partial charge on any atom is 0.164 e. The Hall–Kier alpha value is -0.280. The van der Waals surface area contributed by atoms with Gasteiger partial charge in [0.1, 0.15) is 36.6 Å². The normalized spacial score (nSPS) is 45.5. The molecule has 4 unspecified atom stereocenters. The van der Waals surface area contributed by atoms with Crippen LogP contribution in [0.2, 0.25) is 0 Å². The van der Waals surface area contributed by atoms with Gasteiger partial charge in [-0.25, -0.2) is 0 Å². The molecule has 3 aliphatic rings. The van der Waals surface area contributed by atoms with Crippen molar-refractivity contribution in [3.8, 4) is 0 Å². The minimum Gasteiger partial charge on any atom is -0.387 e. The highest BCUT2D eigenvalue weighted by Crippen LogP contribution is 2.45. The van der Waals surface area contributed by atoms with Crippen LogP contribution < -0.4 is 0 Å². The summed E-state index contributed by atoms with van der Waals surface area (Å²) >= 11 is 0. The quantitative estimate of drug-likeness (QED) is 0.775. The number of hydrogen-bond acceptors (Lipinski definition) is 7. The van der Waals surface area contributed by atoms with Crippen LogP contribution >= 0.6 is 0 Å². The van der Waals surface area contributed by atoms with Crippen molar-refractivity contribution in [2.24, 2.45) is 0 Å². The summed E-state index contributed by atoms with van der Waals surface area (Å²) in [4.78, 5) is 0. The fraction of sp³-hybridized carbons (Fsp3) is 1.00. The van der Waals surface area contributed by atoms with Gasteiger partial charge in [0.2, 0.25) is 0 Å². The van der Waals surface area contributed by atoms with Crippen LogP contribution in [0.3, 0.4) is 0 Å². The van der Waals surface area contributed by atoms with Crippen LogP contribution in [0.4, 0.5) is 0 Å². The highest BCUT2D eigenvalue weighted by molar-refractivity contribution is 5.08. The minimum absolute atomic E-state index is 0.416. The Balaban J connectivity index is 1.86. The van der Waals surface area contributed by atoms with E-state index in [4.69, 9.17) is 28.4 Å². The Kier molecular flexibility index (Phi) is 4.51. The van der Waals surface area contributed by atoms with Crippen LogP contribution in [0, 0.1) is 0 Å². The van der Waals surface area contributed by atoms with Crippen LogP contribution in [-0.2, 0) is 28.4 Å². The zero-order valence-electron chi connectivity index (χ0n) is 14.6. The van der Waals surface area contributed by atoms with E-state index in [0.717, 1.165) is 0 Å². The third-order valence-corrected chi connectivity index (χ3v) is 4.40. The molecule has 0 aromatic rings. The molecule has 7 atom stereocenters. The lowest BCUT2D eigenvalue weighted by atomic mass is 9.85. The third kappa shape index (κ3) is 3.28. The third-order valence-electron chi connectivity index (χ3n) is 4.40. The Morgan fingerprint density at radius 2 is 1.35 bits per heavy atom. The van der Waals surface area contributed by atoms with E-state index in [1.807, 2.05) is 41.5 Å². The molecule has 7 heteroatoms. The van der Waals surface area contributed by atoms with Gasteiger partial charge in [-0.1, -0.05) is 0 Å². The molecule has 0 bridgehead atoms. The summed E-state index contributed by atoms with van der Waals surface area (Å²) in [5.41, 5.74) is 0. The molecule has 0 radical (unpaired) electrons. The zero-order valence-corrected chi connectivity index (χ0v) is 14.6. The van der Waals surface area contributed by atoms with Gasteiger partial charge in [-0.15, -0.1) is 0 Å². The van der Waals surface area contributed by atoms with Gasteiger partial charge in [-0.3, -0.25) is 0 Å². The summed E-state index contributed by atoms with van der Waals surface area (Å²) in [5, 5.41) is 10.7. The molecule has 134 valence electrons. The zero-order chi connectivity index (χ0) is 17.0. The molecular formula is C16H28O7. The first-order chi connectivity index (χ1) is 10.6. The summed E-state index contributed by atoms with van der Waals surface area (Å²) in [5.74, 6) is -1.58. The van der Waals surface area contributed by atoms with Crippen LogP contribution in [0.5, 0.6) is 0 Å². The summed E-state index contributed by atoms with van der Waals surface area (Å²) < 4.78 is 35.3. The summed E-state index contributed by atoms with van der Waals surface area (Å²) in [7, 11) is 0. The SMILES string of the molecule is CCOC(C)OC1C2OC(C)(C)O[C@H]2C(O)[C@@H]2OC(C)(C)O[C@H]12. The van der Waals surface area contributed by atoms with Gasteiger partial charge in [-0.2, -0.15) is 0 Å². The van der Waals surface area contributed by atoms with E-state index in [1.54, 1.807) is 0 Å². The summed E-state index contributed by atoms with van der Waals surface area (Å²) in [6.07, 6.45) is -3.64. The number of fused-ring (bicyclic) bond motifs is 2. The molecule has 0 spiro atoms. The molecule has 2 heterocycles.